The van der Waals surface area contributed by atoms with Crippen molar-refractivity contribution in [3.8, 4) is 0 Å². The van der Waals surface area contributed by atoms with Gasteiger partial charge in [-0.15, -0.1) is 0 Å². The summed E-state index contributed by atoms with van der Waals surface area (Å²) in [6.07, 6.45) is 0.272. The van der Waals surface area contributed by atoms with Gasteiger partial charge in [-0.3, -0.25) is 0 Å². The zero-order valence-electron chi connectivity index (χ0n) is 9.67. The topological polar surface area (TPSA) is 45.1 Å². The highest BCUT2D eigenvalue weighted by Crippen LogP contribution is 2.28. The number of anilines is 1. The van der Waals surface area contributed by atoms with Gasteiger partial charge in [-0.1, -0.05) is 48.7 Å². The van der Waals surface area contributed by atoms with Crippen LogP contribution in [0.15, 0.2) is 6.07 Å². The van der Waals surface area contributed by atoms with Crippen LogP contribution in [-0.4, -0.2) is 22.7 Å². The summed E-state index contributed by atoms with van der Waals surface area (Å²) in [5.41, 5.74) is 0. The van der Waals surface area contributed by atoms with E-state index in [-0.39, 0.29) is 5.15 Å². The molecule has 0 spiro atoms. The lowest BCUT2D eigenvalue weighted by atomic mass is 10.1. The molecule has 2 N–H and O–H groups in total. The average Bonchev–Trinajstić information content (AvgIpc) is 2.20. The fourth-order valence-electron chi connectivity index (χ4n) is 1.41. The van der Waals surface area contributed by atoms with Gasteiger partial charge in [0.15, 0.2) is 0 Å². The lowest BCUT2D eigenvalue weighted by Gasteiger charge is -2.15. The summed E-state index contributed by atoms with van der Waals surface area (Å²) in [4.78, 5) is 4.00. The van der Waals surface area contributed by atoms with Crippen molar-refractivity contribution in [2.24, 2.45) is 5.92 Å². The van der Waals surface area contributed by atoms with E-state index >= 15 is 0 Å². The van der Waals surface area contributed by atoms with Crippen LogP contribution in [0.3, 0.4) is 0 Å². The molecule has 0 saturated heterocycles. The molecule has 1 unspecified atom stereocenters. The molecule has 0 aromatic carbocycles. The SMILES string of the molecule is CC(C)CC(O)CNc1nc(Cl)c(Cl)cc1Cl. The van der Waals surface area contributed by atoms with E-state index in [1.165, 1.54) is 6.07 Å². The van der Waals surface area contributed by atoms with Crippen LogP contribution in [0.25, 0.3) is 0 Å². The molecule has 1 aromatic heterocycles. The summed E-state index contributed by atoms with van der Waals surface area (Å²) >= 11 is 17.5. The third-order valence-electron chi connectivity index (χ3n) is 2.14. The molecule has 1 aromatic rings. The Labute approximate surface area is 116 Å². The zero-order chi connectivity index (χ0) is 13.0. The minimum absolute atomic E-state index is 0.192. The van der Waals surface area contributed by atoms with Crippen molar-refractivity contribution in [2.75, 3.05) is 11.9 Å². The van der Waals surface area contributed by atoms with E-state index < -0.39 is 6.10 Å². The molecule has 6 heteroatoms. The van der Waals surface area contributed by atoms with Gasteiger partial charge >= 0.3 is 0 Å². The molecular weight excluding hydrogens is 282 g/mol. The van der Waals surface area contributed by atoms with Crippen LogP contribution in [0.4, 0.5) is 5.82 Å². The number of hydrogen-bond acceptors (Lipinski definition) is 3. The van der Waals surface area contributed by atoms with Gasteiger partial charge in [-0.05, 0) is 18.4 Å². The van der Waals surface area contributed by atoms with E-state index in [1.807, 2.05) is 13.8 Å². The highest BCUT2D eigenvalue weighted by atomic mass is 35.5. The predicted octanol–water partition coefficient (Wildman–Crippen LogP) is 3.86. The van der Waals surface area contributed by atoms with E-state index in [2.05, 4.69) is 10.3 Å². The van der Waals surface area contributed by atoms with E-state index in [0.29, 0.717) is 34.7 Å². The molecular formula is C11H15Cl3N2O. The van der Waals surface area contributed by atoms with Gasteiger partial charge in [0.25, 0.3) is 0 Å². The first-order valence-electron chi connectivity index (χ1n) is 5.33. The van der Waals surface area contributed by atoms with E-state index in [9.17, 15) is 5.11 Å². The predicted molar refractivity (Wildman–Crippen MR) is 73.2 cm³/mol. The zero-order valence-corrected chi connectivity index (χ0v) is 11.9. The summed E-state index contributed by atoms with van der Waals surface area (Å²) in [6, 6.07) is 1.52. The third-order valence-corrected chi connectivity index (χ3v) is 3.10. The van der Waals surface area contributed by atoms with Crippen molar-refractivity contribution < 1.29 is 5.11 Å². The van der Waals surface area contributed by atoms with Crippen LogP contribution in [-0.2, 0) is 0 Å². The van der Waals surface area contributed by atoms with Gasteiger partial charge < -0.3 is 10.4 Å². The number of nitrogens with one attached hydrogen (secondary N) is 1. The maximum absolute atomic E-state index is 9.70. The third kappa shape index (κ3) is 4.88. The Balaban J connectivity index is 2.60. The molecule has 0 saturated carbocycles. The number of aliphatic hydroxyl groups excluding tert-OH is 1. The molecule has 0 radical (unpaired) electrons. The molecule has 0 aliphatic rings. The molecule has 96 valence electrons. The van der Waals surface area contributed by atoms with Crippen LogP contribution in [0.5, 0.6) is 0 Å². The number of aliphatic hydroxyl groups is 1. The molecule has 0 aliphatic carbocycles. The number of halogens is 3. The van der Waals surface area contributed by atoms with Crippen molar-refractivity contribution >= 4 is 40.6 Å². The second-order valence-electron chi connectivity index (χ2n) is 4.26. The monoisotopic (exact) mass is 296 g/mol. The highest BCUT2D eigenvalue weighted by molar-refractivity contribution is 6.42. The van der Waals surface area contributed by atoms with Crippen LogP contribution in [0, 0.1) is 5.92 Å². The minimum Gasteiger partial charge on any atom is -0.391 e. The van der Waals surface area contributed by atoms with Crippen LogP contribution < -0.4 is 5.32 Å². The molecule has 0 fully saturated rings. The smallest absolute Gasteiger partial charge is 0.150 e. The first kappa shape index (κ1) is 14.8. The number of aromatic nitrogens is 1. The van der Waals surface area contributed by atoms with Crippen molar-refractivity contribution in [1.82, 2.24) is 4.98 Å². The minimum atomic E-state index is -0.442. The second kappa shape index (κ2) is 6.64. The fraction of sp³-hybridized carbons (Fsp3) is 0.545. The van der Waals surface area contributed by atoms with Gasteiger partial charge in [0.2, 0.25) is 0 Å². The van der Waals surface area contributed by atoms with Crippen LogP contribution in [0.2, 0.25) is 15.2 Å². The summed E-state index contributed by atoms with van der Waals surface area (Å²) in [5, 5.41) is 13.5. The lowest BCUT2D eigenvalue weighted by Crippen LogP contribution is -2.21. The number of rotatable bonds is 5. The number of pyridine rings is 1. The van der Waals surface area contributed by atoms with Gasteiger partial charge in [0.05, 0.1) is 16.1 Å². The Morgan fingerprint density at radius 2 is 1.94 bits per heavy atom. The van der Waals surface area contributed by atoms with Gasteiger partial charge in [0.1, 0.15) is 11.0 Å². The molecule has 0 amide bonds. The number of nitrogens with zero attached hydrogens (tertiary/aromatic N) is 1. The van der Waals surface area contributed by atoms with Crippen molar-refractivity contribution in [2.45, 2.75) is 26.4 Å². The average molecular weight is 298 g/mol. The quantitative estimate of drug-likeness (QED) is 0.811. The summed E-state index contributed by atoms with van der Waals surface area (Å²) in [5.74, 6) is 0.868. The molecule has 1 atom stereocenters. The maximum Gasteiger partial charge on any atom is 0.150 e. The van der Waals surface area contributed by atoms with Crippen molar-refractivity contribution in [1.29, 1.82) is 0 Å². The summed E-state index contributed by atoms with van der Waals surface area (Å²) in [6.45, 7) is 4.48. The van der Waals surface area contributed by atoms with E-state index in [4.69, 9.17) is 34.8 Å². The Hall–Kier alpha value is -0.220. The first-order chi connectivity index (χ1) is 7.90. The molecule has 3 nitrogen and oxygen atoms in total. The molecule has 1 rings (SSSR count). The Morgan fingerprint density at radius 1 is 1.29 bits per heavy atom. The Kier molecular flexibility index (Phi) is 5.80. The summed E-state index contributed by atoms with van der Waals surface area (Å²) in [7, 11) is 0. The van der Waals surface area contributed by atoms with Crippen LogP contribution in [0.1, 0.15) is 20.3 Å². The van der Waals surface area contributed by atoms with E-state index in [1.54, 1.807) is 0 Å². The molecule has 0 bridgehead atoms. The summed E-state index contributed by atoms with van der Waals surface area (Å²) < 4.78 is 0. The van der Waals surface area contributed by atoms with Gasteiger partial charge in [-0.2, -0.15) is 0 Å². The Morgan fingerprint density at radius 3 is 2.53 bits per heavy atom. The van der Waals surface area contributed by atoms with Crippen molar-refractivity contribution in [3.05, 3.63) is 21.3 Å². The maximum atomic E-state index is 9.70. The molecule has 17 heavy (non-hydrogen) atoms. The standard InChI is InChI=1S/C11H15Cl3N2O/c1-6(2)3-7(17)5-15-11-9(13)4-8(12)10(14)16-11/h4,6-7,17H,3,5H2,1-2H3,(H,15,16). The molecule has 0 aliphatic heterocycles. The van der Waals surface area contributed by atoms with Crippen LogP contribution >= 0.6 is 34.8 Å². The normalized spacial score (nSPS) is 12.9. The van der Waals surface area contributed by atoms with Gasteiger partial charge in [-0.25, -0.2) is 4.98 Å². The lowest BCUT2D eigenvalue weighted by molar-refractivity contribution is 0.161. The van der Waals surface area contributed by atoms with Crippen molar-refractivity contribution in [3.63, 3.8) is 0 Å². The Bertz CT molecular complexity index is 385. The molecule has 1 heterocycles. The first-order valence-corrected chi connectivity index (χ1v) is 6.47. The second-order valence-corrected chi connectivity index (χ2v) is 5.43. The largest absolute Gasteiger partial charge is 0.391 e. The fourth-order valence-corrected chi connectivity index (χ4v) is 1.97. The highest BCUT2D eigenvalue weighted by Gasteiger charge is 2.10. The number of hydrogen-bond donors (Lipinski definition) is 2. The van der Waals surface area contributed by atoms with E-state index in [0.717, 1.165) is 0 Å². The van der Waals surface area contributed by atoms with Gasteiger partial charge in [0, 0.05) is 6.54 Å².